The summed E-state index contributed by atoms with van der Waals surface area (Å²) in [7, 11) is 0. The largest absolute Gasteiger partial charge is 0.310 e. The Hall–Kier alpha value is -1.38. The Kier molecular flexibility index (Phi) is 4.04. The molecule has 0 saturated carbocycles. The van der Waals surface area contributed by atoms with E-state index in [1.54, 1.807) is 12.1 Å². The summed E-state index contributed by atoms with van der Waals surface area (Å²) in [6, 6.07) is 14.0. The first-order chi connectivity index (χ1) is 9.72. The molecule has 0 radical (unpaired) electrons. The van der Waals surface area contributed by atoms with Crippen LogP contribution in [-0.2, 0) is 19.4 Å². The number of hydrogen-bond donors (Lipinski definition) is 1. The summed E-state index contributed by atoms with van der Waals surface area (Å²) >= 11 is 5.80. The van der Waals surface area contributed by atoms with Crippen LogP contribution in [0.25, 0.3) is 0 Å². The molecule has 0 bridgehead atoms. The lowest BCUT2D eigenvalue weighted by atomic mass is 9.88. The smallest absolute Gasteiger partial charge is 0.141 e. The van der Waals surface area contributed by atoms with Crippen LogP contribution in [0.1, 0.15) is 23.1 Å². The SMILES string of the molecule is Fc1ccc(CNC2CCc3ccccc3C2)cc1Cl. The number of aryl methyl sites for hydroxylation is 1. The standard InChI is InChI=1S/C17H17ClFN/c18-16-9-12(5-8-17(16)19)11-20-15-7-6-13-3-1-2-4-14(13)10-15/h1-5,8-9,15,20H,6-7,10-11H2. The van der Waals surface area contributed by atoms with E-state index in [1.165, 1.54) is 17.2 Å². The molecule has 1 aliphatic carbocycles. The fourth-order valence-electron chi connectivity index (χ4n) is 2.78. The van der Waals surface area contributed by atoms with Crippen molar-refractivity contribution in [3.05, 3.63) is 70.0 Å². The van der Waals surface area contributed by atoms with E-state index in [9.17, 15) is 4.39 Å². The lowest BCUT2D eigenvalue weighted by molar-refractivity contribution is 0.457. The fourth-order valence-corrected chi connectivity index (χ4v) is 2.99. The van der Waals surface area contributed by atoms with Crippen molar-refractivity contribution in [3.63, 3.8) is 0 Å². The van der Waals surface area contributed by atoms with Crippen LogP contribution in [0.3, 0.4) is 0 Å². The van der Waals surface area contributed by atoms with Crippen molar-refractivity contribution in [2.24, 2.45) is 0 Å². The van der Waals surface area contributed by atoms with Crippen LogP contribution >= 0.6 is 11.6 Å². The average Bonchev–Trinajstić information content (AvgIpc) is 2.48. The minimum Gasteiger partial charge on any atom is -0.310 e. The van der Waals surface area contributed by atoms with Gasteiger partial charge in [0.15, 0.2) is 0 Å². The van der Waals surface area contributed by atoms with Gasteiger partial charge in [-0.15, -0.1) is 0 Å². The Morgan fingerprint density at radius 1 is 1.15 bits per heavy atom. The van der Waals surface area contributed by atoms with Crippen molar-refractivity contribution in [1.82, 2.24) is 5.32 Å². The van der Waals surface area contributed by atoms with Gasteiger partial charge in [0.25, 0.3) is 0 Å². The molecule has 1 unspecified atom stereocenters. The van der Waals surface area contributed by atoms with E-state index in [0.717, 1.165) is 31.4 Å². The molecule has 2 aromatic carbocycles. The summed E-state index contributed by atoms with van der Waals surface area (Å²) in [5.74, 6) is -0.359. The first-order valence-electron chi connectivity index (χ1n) is 6.96. The van der Waals surface area contributed by atoms with E-state index in [-0.39, 0.29) is 10.8 Å². The molecule has 0 aromatic heterocycles. The van der Waals surface area contributed by atoms with Gasteiger partial charge in [-0.05, 0) is 48.1 Å². The third-order valence-corrected chi connectivity index (χ3v) is 4.22. The van der Waals surface area contributed by atoms with Crippen molar-refractivity contribution < 1.29 is 4.39 Å². The number of halogens is 2. The van der Waals surface area contributed by atoms with Crippen molar-refractivity contribution in [2.45, 2.75) is 31.8 Å². The average molecular weight is 290 g/mol. The van der Waals surface area contributed by atoms with E-state index < -0.39 is 0 Å². The number of fused-ring (bicyclic) bond motifs is 1. The van der Waals surface area contributed by atoms with Crippen LogP contribution < -0.4 is 5.32 Å². The van der Waals surface area contributed by atoms with Crippen LogP contribution in [0.5, 0.6) is 0 Å². The molecule has 0 saturated heterocycles. The highest BCUT2D eigenvalue weighted by Crippen LogP contribution is 2.22. The molecular formula is C17H17ClFN. The molecule has 0 spiro atoms. The van der Waals surface area contributed by atoms with Crippen LogP contribution in [0.4, 0.5) is 4.39 Å². The minimum absolute atomic E-state index is 0.193. The minimum atomic E-state index is -0.359. The third-order valence-electron chi connectivity index (χ3n) is 3.93. The van der Waals surface area contributed by atoms with Crippen LogP contribution in [-0.4, -0.2) is 6.04 Å². The van der Waals surface area contributed by atoms with E-state index >= 15 is 0 Å². The molecule has 0 heterocycles. The monoisotopic (exact) mass is 289 g/mol. The lowest BCUT2D eigenvalue weighted by Gasteiger charge is -2.25. The van der Waals surface area contributed by atoms with Crippen molar-refractivity contribution in [1.29, 1.82) is 0 Å². The second-order valence-electron chi connectivity index (χ2n) is 5.34. The molecule has 0 amide bonds. The maximum atomic E-state index is 13.1. The lowest BCUT2D eigenvalue weighted by Crippen LogP contribution is -2.34. The number of benzene rings is 2. The van der Waals surface area contributed by atoms with Crippen molar-refractivity contribution in [2.75, 3.05) is 0 Å². The van der Waals surface area contributed by atoms with E-state index in [0.29, 0.717) is 6.04 Å². The second kappa shape index (κ2) is 5.94. The maximum absolute atomic E-state index is 13.1. The molecular weight excluding hydrogens is 273 g/mol. The molecule has 20 heavy (non-hydrogen) atoms. The summed E-state index contributed by atoms with van der Waals surface area (Å²) < 4.78 is 13.1. The molecule has 0 fully saturated rings. The highest BCUT2D eigenvalue weighted by atomic mass is 35.5. The zero-order valence-corrected chi connectivity index (χ0v) is 12.0. The van der Waals surface area contributed by atoms with Gasteiger partial charge in [-0.1, -0.05) is 41.9 Å². The Bertz CT molecular complexity index is 612. The zero-order chi connectivity index (χ0) is 13.9. The first-order valence-corrected chi connectivity index (χ1v) is 7.34. The Labute approximate surface area is 123 Å². The quantitative estimate of drug-likeness (QED) is 0.896. The summed E-state index contributed by atoms with van der Waals surface area (Å²) in [6.07, 6.45) is 3.33. The van der Waals surface area contributed by atoms with Gasteiger partial charge in [0.05, 0.1) is 5.02 Å². The van der Waals surface area contributed by atoms with Gasteiger partial charge in [-0.3, -0.25) is 0 Å². The van der Waals surface area contributed by atoms with Gasteiger partial charge in [-0.2, -0.15) is 0 Å². The third kappa shape index (κ3) is 3.02. The normalized spacial score (nSPS) is 17.8. The van der Waals surface area contributed by atoms with Gasteiger partial charge >= 0.3 is 0 Å². The highest BCUT2D eigenvalue weighted by molar-refractivity contribution is 6.30. The zero-order valence-electron chi connectivity index (χ0n) is 11.2. The molecule has 1 atom stereocenters. The number of rotatable bonds is 3. The molecule has 1 N–H and O–H groups in total. The van der Waals surface area contributed by atoms with Crippen molar-refractivity contribution >= 4 is 11.6 Å². The Balaban J connectivity index is 1.61. The Morgan fingerprint density at radius 3 is 2.75 bits per heavy atom. The van der Waals surface area contributed by atoms with Crippen LogP contribution in [0.2, 0.25) is 5.02 Å². The van der Waals surface area contributed by atoms with Crippen molar-refractivity contribution in [3.8, 4) is 0 Å². The number of nitrogens with one attached hydrogen (secondary N) is 1. The molecule has 1 aliphatic rings. The molecule has 3 rings (SSSR count). The van der Waals surface area contributed by atoms with Gasteiger partial charge in [0, 0.05) is 12.6 Å². The molecule has 3 heteroatoms. The maximum Gasteiger partial charge on any atom is 0.141 e. The van der Waals surface area contributed by atoms with Crippen LogP contribution in [0, 0.1) is 5.82 Å². The van der Waals surface area contributed by atoms with Gasteiger partial charge in [0.1, 0.15) is 5.82 Å². The summed E-state index contributed by atoms with van der Waals surface area (Å²) in [5, 5.41) is 3.74. The molecule has 1 nitrogen and oxygen atoms in total. The predicted octanol–water partition coefficient (Wildman–Crippen LogP) is 4.13. The highest BCUT2D eigenvalue weighted by Gasteiger charge is 2.17. The van der Waals surface area contributed by atoms with E-state index in [1.807, 2.05) is 0 Å². The first kappa shape index (κ1) is 13.6. The van der Waals surface area contributed by atoms with E-state index in [4.69, 9.17) is 11.6 Å². The summed E-state index contributed by atoms with van der Waals surface area (Å²) in [6.45, 7) is 0.729. The van der Waals surface area contributed by atoms with E-state index in [2.05, 4.69) is 29.6 Å². The molecule has 2 aromatic rings. The van der Waals surface area contributed by atoms with Gasteiger partial charge in [0.2, 0.25) is 0 Å². The topological polar surface area (TPSA) is 12.0 Å². The second-order valence-corrected chi connectivity index (χ2v) is 5.74. The van der Waals surface area contributed by atoms with Crippen LogP contribution in [0.15, 0.2) is 42.5 Å². The van der Waals surface area contributed by atoms with Gasteiger partial charge in [-0.25, -0.2) is 4.39 Å². The predicted molar refractivity (Wildman–Crippen MR) is 80.5 cm³/mol. The Morgan fingerprint density at radius 2 is 1.95 bits per heavy atom. The molecule has 104 valence electrons. The molecule has 0 aliphatic heterocycles. The summed E-state index contributed by atoms with van der Waals surface area (Å²) in [5.41, 5.74) is 3.93. The summed E-state index contributed by atoms with van der Waals surface area (Å²) in [4.78, 5) is 0. The number of hydrogen-bond acceptors (Lipinski definition) is 1. The fraction of sp³-hybridized carbons (Fsp3) is 0.294. The van der Waals surface area contributed by atoms with Gasteiger partial charge < -0.3 is 5.32 Å².